The summed E-state index contributed by atoms with van der Waals surface area (Å²) in [5.74, 6) is 0. The van der Waals surface area contributed by atoms with Crippen LogP contribution < -0.4 is 5.73 Å². The molecule has 0 fully saturated rings. The summed E-state index contributed by atoms with van der Waals surface area (Å²) in [7, 11) is 0. The Morgan fingerprint density at radius 2 is 2.31 bits per heavy atom. The Kier molecular flexibility index (Phi) is 2.29. The molecule has 0 aliphatic carbocycles. The first-order valence-electron chi connectivity index (χ1n) is 3.80. The molecule has 0 radical (unpaired) electrons. The second kappa shape index (κ2) is 3.59. The SMILES string of the molecule is NCc1cc(-c2cncs2)ncn1. The van der Waals surface area contributed by atoms with Gasteiger partial charge in [-0.1, -0.05) is 0 Å². The molecule has 0 bridgehead atoms. The van der Waals surface area contributed by atoms with E-state index in [9.17, 15) is 0 Å². The smallest absolute Gasteiger partial charge is 0.116 e. The molecule has 0 aromatic carbocycles. The maximum Gasteiger partial charge on any atom is 0.116 e. The summed E-state index contributed by atoms with van der Waals surface area (Å²) in [6.45, 7) is 0.439. The van der Waals surface area contributed by atoms with Crippen LogP contribution in [0.5, 0.6) is 0 Å². The molecular formula is C8H8N4S. The largest absolute Gasteiger partial charge is 0.325 e. The number of hydrogen-bond donors (Lipinski definition) is 1. The number of thiazole rings is 1. The van der Waals surface area contributed by atoms with Gasteiger partial charge >= 0.3 is 0 Å². The molecule has 0 atom stereocenters. The quantitative estimate of drug-likeness (QED) is 0.772. The lowest BCUT2D eigenvalue weighted by molar-refractivity contribution is 0.967. The van der Waals surface area contributed by atoms with Crippen LogP contribution in [-0.4, -0.2) is 15.0 Å². The lowest BCUT2D eigenvalue weighted by Gasteiger charge is -1.97. The number of rotatable bonds is 2. The Morgan fingerprint density at radius 1 is 1.38 bits per heavy atom. The molecule has 0 aliphatic heterocycles. The van der Waals surface area contributed by atoms with Gasteiger partial charge in [-0.15, -0.1) is 11.3 Å². The molecule has 0 amide bonds. The maximum atomic E-state index is 5.47. The van der Waals surface area contributed by atoms with Crippen LogP contribution in [0.4, 0.5) is 0 Å². The molecule has 0 saturated carbocycles. The van der Waals surface area contributed by atoms with Gasteiger partial charge in [0.1, 0.15) is 6.33 Å². The normalized spacial score (nSPS) is 10.2. The van der Waals surface area contributed by atoms with Crippen molar-refractivity contribution < 1.29 is 0 Å². The van der Waals surface area contributed by atoms with Crippen LogP contribution in [0.25, 0.3) is 10.6 Å². The predicted octanol–water partition coefficient (Wildman–Crippen LogP) is 1.06. The Hall–Kier alpha value is -1.33. The zero-order chi connectivity index (χ0) is 9.10. The van der Waals surface area contributed by atoms with E-state index in [1.807, 2.05) is 6.07 Å². The van der Waals surface area contributed by atoms with Gasteiger partial charge in [0.05, 0.1) is 21.8 Å². The molecule has 0 aliphatic rings. The van der Waals surface area contributed by atoms with Gasteiger partial charge in [0, 0.05) is 12.7 Å². The first-order valence-corrected chi connectivity index (χ1v) is 4.68. The molecule has 2 N–H and O–H groups in total. The minimum absolute atomic E-state index is 0.439. The highest BCUT2D eigenvalue weighted by molar-refractivity contribution is 7.13. The molecule has 5 heteroatoms. The molecule has 4 nitrogen and oxygen atoms in total. The minimum Gasteiger partial charge on any atom is -0.325 e. The van der Waals surface area contributed by atoms with Crippen molar-refractivity contribution in [2.45, 2.75) is 6.54 Å². The van der Waals surface area contributed by atoms with E-state index < -0.39 is 0 Å². The standard InChI is InChI=1S/C8H8N4S/c9-2-6-1-7(12-4-11-6)8-3-10-5-13-8/h1,3-5H,2,9H2. The fourth-order valence-electron chi connectivity index (χ4n) is 0.986. The van der Waals surface area contributed by atoms with Crippen molar-refractivity contribution in [3.8, 4) is 10.6 Å². The van der Waals surface area contributed by atoms with Crippen LogP contribution >= 0.6 is 11.3 Å². The van der Waals surface area contributed by atoms with E-state index in [-0.39, 0.29) is 0 Å². The first kappa shape index (κ1) is 8.28. The third-order valence-corrected chi connectivity index (χ3v) is 2.41. The Bertz CT molecular complexity index is 385. The summed E-state index contributed by atoms with van der Waals surface area (Å²) in [5, 5.41) is 0. The van der Waals surface area contributed by atoms with E-state index in [1.165, 1.54) is 6.33 Å². The van der Waals surface area contributed by atoms with Gasteiger partial charge in [0.15, 0.2) is 0 Å². The second-order valence-corrected chi connectivity index (χ2v) is 3.35. The fourth-order valence-corrected chi connectivity index (χ4v) is 1.58. The van der Waals surface area contributed by atoms with Crippen LogP contribution in [0.1, 0.15) is 5.69 Å². The Balaban J connectivity index is 2.41. The van der Waals surface area contributed by atoms with Gasteiger partial charge in [-0.3, -0.25) is 4.98 Å². The lowest BCUT2D eigenvalue weighted by atomic mass is 10.3. The zero-order valence-electron chi connectivity index (χ0n) is 6.84. The second-order valence-electron chi connectivity index (χ2n) is 2.46. The van der Waals surface area contributed by atoms with Gasteiger partial charge < -0.3 is 5.73 Å². The molecule has 0 saturated heterocycles. The summed E-state index contributed by atoms with van der Waals surface area (Å²) in [6, 6.07) is 1.88. The van der Waals surface area contributed by atoms with E-state index in [1.54, 1.807) is 23.0 Å². The van der Waals surface area contributed by atoms with Crippen LogP contribution in [0, 0.1) is 0 Å². The van der Waals surface area contributed by atoms with Crippen molar-refractivity contribution in [3.63, 3.8) is 0 Å². The Morgan fingerprint density at radius 3 is 3.00 bits per heavy atom. The van der Waals surface area contributed by atoms with E-state index in [0.29, 0.717) is 6.54 Å². The maximum absolute atomic E-state index is 5.47. The summed E-state index contributed by atoms with van der Waals surface area (Å²) >= 11 is 1.55. The first-order chi connectivity index (χ1) is 6.40. The number of nitrogens with zero attached hydrogens (tertiary/aromatic N) is 3. The topological polar surface area (TPSA) is 64.7 Å². The van der Waals surface area contributed by atoms with Crippen LogP contribution in [0.3, 0.4) is 0 Å². The van der Waals surface area contributed by atoms with Gasteiger partial charge in [-0.25, -0.2) is 9.97 Å². The molecule has 13 heavy (non-hydrogen) atoms. The van der Waals surface area contributed by atoms with Crippen LogP contribution in [0.15, 0.2) is 24.1 Å². The highest BCUT2D eigenvalue weighted by Gasteiger charge is 2.01. The predicted molar refractivity (Wildman–Crippen MR) is 51.0 cm³/mol. The van der Waals surface area contributed by atoms with Crippen molar-refractivity contribution in [1.29, 1.82) is 0 Å². The summed E-state index contributed by atoms with van der Waals surface area (Å²) in [5.41, 5.74) is 8.98. The van der Waals surface area contributed by atoms with Crippen molar-refractivity contribution in [2.24, 2.45) is 5.73 Å². The third-order valence-electron chi connectivity index (χ3n) is 1.62. The Labute approximate surface area is 79.5 Å². The average Bonchev–Trinajstić information content (AvgIpc) is 2.71. The molecule has 0 spiro atoms. The summed E-state index contributed by atoms with van der Waals surface area (Å²) in [6.07, 6.45) is 3.31. The van der Waals surface area contributed by atoms with Crippen molar-refractivity contribution >= 4 is 11.3 Å². The van der Waals surface area contributed by atoms with Gasteiger partial charge in [-0.2, -0.15) is 0 Å². The summed E-state index contributed by atoms with van der Waals surface area (Å²) < 4.78 is 0. The lowest BCUT2D eigenvalue weighted by Crippen LogP contribution is -1.99. The van der Waals surface area contributed by atoms with E-state index in [0.717, 1.165) is 16.3 Å². The number of aromatic nitrogens is 3. The van der Waals surface area contributed by atoms with Crippen molar-refractivity contribution in [3.05, 3.63) is 29.8 Å². The van der Waals surface area contributed by atoms with Gasteiger partial charge in [-0.05, 0) is 6.07 Å². The molecule has 66 valence electrons. The van der Waals surface area contributed by atoms with Gasteiger partial charge in [0.2, 0.25) is 0 Å². The number of hydrogen-bond acceptors (Lipinski definition) is 5. The molecule has 2 rings (SSSR count). The van der Waals surface area contributed by atoms with Crippen molar-refractivity contribution in [2.75, 3.05) is 0 Å². The van der Waals surface area contributed by atoms with Crippen molar-refractivity contribution in [1.82, 2.24) is 15.0 Å². The molecule has 2 aromatic heterocycles. The van der Waals surface area contributed by atoms with E-state index in [2.05, 4.69) is 15.0 Å². The average molecular weight is 192 g/mol. The highest BCUT2D eigenvalue weighted by atomic mass is 32.1. The fraction of sp³-hybridized carbons (Fsp3) is 0.125. The molecule has 0 unspecified atom stereocenters. The zero-order valence-corrected chi connectivity index (χ0v) is 7.66. The van der Waals surface area contributed by atoms with Gasteiger partial charge in [0.25, 0.3) is 0 Å². The molecular weight excluding hydrogens is 184 g/mol. The van der Waals surface area contributed by atoms with E-state index >= 15 is 0 Å². The third kappa shape index (κ3) is 1.71. The molecule has 2 aromatic rings. The molecule has 2 heterocycles. The summed E-state index contributed by atoms with van der Waals surface area (Å²) in [4.78, 5) is 13.2. The minimum atomic E-state index is 0.439. The van der Waals surface area contributed by atoms with Crippen LogP contribution in [-0.2, 0) is 6.54 Å². The highest BCUT2D eigenvalue weighted by Crippen LogP contribution is 2.20. The van der Waals surface area contributed by atoms with E-state index in [4.69, 9.17) is 5.73 Å². The number of nitrogens with two attached hydrogens (primary N) is 1. The monoisotopic (exact) mass is 192 g/mol. The van der Waals surface area contributed by atoms with Crippen LogP contribution in [0.2, 0.25) is 0 Å².